The first-order chi connectivity index (χ1) is 8.52. The molecule has 1 aromatic rings. The minimum absolute atomic E-state index is 0.127. The Kier molecular flexibility index (Phi) is 5.58. The highest BCUT2D eigenvalue weighted by molar-refractivity contribution is 5.92. The zero-order valence-electron chi connectivity index (χ0n) is 11.5. The summed E-state index contributed by atoms with van der Waals surface area (Å²) in [6.45, 7) is 2.95. The van der Waals surface area contributed by atoms with E-state index in [4.69, 9.17) is 0 Å². The molecule has 1 atom stereocenters. The summed E-state index contributed by atoms with van der Waals surface area (Å²) < 4.78 is 0. The van der Waals surface area contributed by atoms with Gasteiger partial charge < -0.3 is 15.5 Å². The molecule has 5 nitrogen and oxygen atoms in total. The molecule has 1 aromatic heterocycles. The molecule has 0 spiro atoms. The van der Waals surface area contributed by atoms with Crippen molar-refractivity contribution in [1.82, 2.24) is 15.2 Å². The number of rotatable bonds is 6. The summed E-state index contributed by atoms with van der Waals surface area (Å²) in [5, 5.41) is 5.86. The standard InChI is InChI=1S/C13H22N4O/c1-10(8-9-17(3)4)15-13(18)11-6-5-7-12(14-2)16-11/h5-7,10H,8-9H2,1-4H3,(H,14,16)(H,15,18). The lowest BCUT2D eigenvalue weighted by Gasteiger charge is -2.16. The van der Waals surface area contributed by atoms with Gasteiger partial charge in [0.25, 0.3) is 5.91 Å². The second-order valence-corrected chi connectivity index (χ2v) is 4.62. The van der Waals surface area contributed by atoms with Crippen LogP contribution >= 0.6 is 0 Å². The Balaban J connectivity index is 2.53. The van der Waals surface area contributed by atoms with E-state index in [0.29, 0.717) is 11.5 Å². The smallest absolute Gasteiger partial charge is 0.270 e. The van der Waals surface area contributed by atoms with Crippen LogP contribution in [-0.2, 0) is 0 Å². The molecule has 1 amide bonds. The Morgan fingerprint density at radius 1 is 1.44 bits per heavy atom. The van der Waals surface area contributed by atoms with Crippen LogP contribution in [-0.4, -0.2) is 49.5 Å². The third kappa shape index (κ3) is 4.71. The Morgan fingerprint density at radius 3 is 2.78 bits per heavy atom. The van der Waals surface area contributed by atoms with Crippen molar-refractivity contribution >= 4 is 11.7 Å². The molecule has 0 bridgehead atoms. The molecule has 18 heavy (non-hydrogen) atoms. The zero-order chi connectivity index (χ0) is 13.5. The highest BCUT2D eigenvalue weighted by Gasteiger charge is 2.11. The second-order valence-electron chi connectivity index (χ2n) is 4.62. The van der Waals surface area contributed by atoms with E-state index in [1.54, 1.807) is 13.1 Å². The molecule has 0 saturated carbocycles. The topological polar surface area (TPSA) is 57.3 Å². The third-order valence-corrected chi connectivity index (χ3v) is 2.62. The van der Waals surface area contributed by atoms with Gasteiger partial charge in [0.15, 0.2) is 0 Å². The molecule has 100 valence electrons. The number of carbonyl (C=O) groups excluding carboxylic acids is 1. The largest absolute Gasteiger partial charge is 0.373 e. The van der Waals surface area contributed by atoms with Crippen molar-refractivity contribution in [3.8, 4) is 0 Å². The lowest BCUT2D eigenvalue weighted by atomic mass is 10.2. The molecular weight excluding hydrogens is 228 g/mol. The van der Waals surface area contributed by atoms with Gasteiger partial charge in [0.2, 0.25) is 0 Å². The maximum absolute atomic E-state index is 12.0. The molecule has 1 heterocycles. The first-order valence-electron chi connectivity index (χ1n) is 6.13. The van der Waals surface area contributed by atoms with E-state index in [1.165, 1.54) is 0 Å². The summed E-state index contributed by atoms with van der Waals surface area (Å²) in [6.07, 6.45) is 0.921. The number of pyridine rings is 1. The average Bonchev–Trinajstić information content (AvgIpc) is 2.36. The minimum atomic E-state index is -0.127. The highest BCUT2D eigenvalue weighted by Crippen LogP contribution is 2.04. The van der Waals surface area contributed by atoms with E-state index in [9.17, 15) is 4.79 Å². The highest BCUT2D eigenvalue weighted by atomic mass is 16.1. The number of aromatic nitrogens is 1. The summed E-state index contributed by atoms with van der Waals surface area (Å²) in [4.78, 5) is 18.3. The fraction of sp³-hybridized carbons (Fsp3) is 0.538. The molecule has 0 aliphatic rings. The number of nitrogens with one attached hydrogen (secondary N) is 2. The van der Waals surface area contributed by atoms with E-state index in [0.717, 1.165) is 13.0 Å². The van der Waals surface area contributed by atoms with Crippen LogP contribution in [0.15, 0.2) is 18.2 Å². The molecule has 1 unspecified atom stereocenters. The van der Waals surface area contributed by atoms with Gasteiger partial charge in [-0.25, -0.2) is 4.98 Å². The lowest BCUT2D eigenvalue weighted by molar-refractivity contribution is 0.0932. The molecule has 0 saturated heterocycles. The second kappa shape index (κ2) is 6.96. The molecular formula is C13H22N4O. The van der Waals surface area contributed by atoms with Crippen LogP contribution in [0.3, 0.4) is 0 Å². The Labute approximate surface area is 109 Å². The number of nitrogens with zero attached hydrogens (tertiary/aromatic N) is 2. The van der Waals surface area contributed by atoms with Gasteiger partial charge in [0.05, 0.1) is 0 Å². The molecule has 0 fully saturated rings. The molecule has 0 aromatic carbocycles. The minimum Gasteiger partial charge on any atom is -0.373 e. The van der Waals surface area contributed by atoms with E-state index < -0.39 is 0 Å². The molecule has 5 heteroatoms. The normalized spacial score (nSPS) is 12.3. The Hall–Kier alpha value is -1.62. The van der Waals surface area contributed by atoms with Crippen molar-refractivity contribution in [2.24, 2.45) is 0 Å². The first-order valence-corrected chi connectivity index (χ1v) is 6.13. The van der Waals surface area contributed by atoms with Crippen LogP contribution in [0.5, 0.6) is 0 Å². The third-order valence-electron chi connectivity index (χ3n) is 2.62. The van der Waals surface area contributed by atoms with Gasteiger partial charge in [-0.15, -0.1) is 0 Å². The van der Waals surface area contributed by atoms with Crippen LogP contribution in [0.4, 0.5) is 5.82 Å². The van der Waals surface area contributed by atoms with Gasteiger partial charge in [0.1, 0.15) is 11.5 Å². The van der Waals surface area contributed by atoms with Gasteiger partial charge in [-0.1, -0.05) is 6.07 Å². The van der Waals surface area contributed by atoms with Gasteiger partial charge in [0, 0.05) is 13.1 Å². The summed E-state index contributed by atoms with van der Waals surface area (Å²) >= 11 is 0. The van der Waals surface area contributed by atoms with Crippen molar-refractivity contribution in [3.63, 3.8) is 0 Å². The van der Waals surface area contributed by atoms with E-state index in [1.807, 2.05) is 33.2 Å². The van der Waals surface area contributed by atoms with Gasteiger partial charge in [-0.2, -0.15) is 0 Å². The van der Waals surface area contributed by atoms with Crippen molar-refractivity contribution in [3.05, 3.63) is 23.9 Å². The quantitative estimate of drug-likeness (QED) is 0.796. The molecule has 0 aliphatic carbocycles. The molecule has 2 N–H and O–H groups in total. The predicted molar refractivity (Wildman–Crippen MR) is 73.9 cm³/mol. The first kappa shape index (κ1) is 14.4. The van der Waals surface area contributed by atoms with E-state index in [-0.39, 0.29) is 11.9 Å². The van der Waals surface area contributed by atoms with Gasteiger partial charge in [-0.05, 0) is 46.1 Å². The number of hydrogen-bond donors (Lipinski definition) is 2. The molecule has 0 aliphatic heterocycles. The maximum atomic E-state index is 12.0. The summed E-state index contributed by atoms with van der Waals surface area (Å²) in [5.74, 6) is 0.571. The van der Waals surface area contributed by atoms with Crippen molar-refractivity contribution in [2.45, 2.75) is 19.4 Å². The van der Waals surface area contributed by atoms with E-state index in [2.05, 4.69) is 20.5 Å². The Bertz CT molecular complexity index is 392. The van der Waals surface area contributed by atoms with Crippen molar-refractivity contribution < 1.29 is 4.79 Å². The summed E-state index contributed by atoms with van der Waals surface area (Å²) in [7, 11) is 5.82. The van der Waals surface area contributed by atoms with Crippen LogP contribution in [0.1, 0.15) is 23.8 Å². The average molecular weight is 250 g/mol. The van der Waals surface area contributed by atoms with Crippen LogP contribution in [0.2, 0.25) is 0 Å². The monoisotopic (exact) mass is 250 g/mol. The molecule has 1 rings (SSSR count). The van der Waals surface area contributed by atoms with Gasteiger partial charge in [-0.3, -0.25) is 4.79 Å². The number of amides is 1. The van der Waals surface area contributed by atoms with Crippen molar-refractivity contribution in [2.75, 3.05) is 33.0 Å². The van der Waals surface area contributed by atoms with Crippen LogP contribution < -0.4 is 10.6 Å². The van der Waals surface area contributed by atoms with E-state index >= 15 is 0 Å². The fourth-order valence-electron chi connectivity index (χ4n) is 1.52. The summed E-state index contributed by atoms with van der Waals surface area (Å²) in [5.41, 5.74) is 0.443. The Morgan fingerprint density at radius 2 is 2.17 bits per heavy atom. The number of anilines is 1. The van der Waals surface area contributed by atoms with Crippen molar-refractivity contribution in [1.29, 1.82) is 0 Å². The zero-order valence-corrected chi connectivity index (χ0v) is 11.5. The predicted octanol–water partition coefficient (Wildman–Crippen LogP) is 1.19. The van der Waals surface area contributed by atoms with Gasteiger partial charge >= 0.3 is 0 Å². The lowest BCUT2D eigenvalue weighted by Crippen LogP contribution is -2.35. The summed E-state index contributed by atoms with van der Waals surface area (Å²) in [6, 6.07) is 5.50. The number of hydrogen-bond acceptors (Lipinski definition) is 4. The van der Waals surface area contributed by atoms with Crippen LogP contribution in [0.25, 0.3) is 0 Å². The van der Waals surface area contributed by atoms with Crippen LogP contribution in [0, 0.1) is 0 Å². The fourth-order valence-corrected chi connectivity index (χ4v) is 1.52. The number of carbonyl (C=O) groups is 1. The SMILES string of the molecule is CNc1cccc(C(=O)NC(C)CCN(C)C)n1. The molecule has 0 radical (unpaired) electrons. The maximum Gasteiger partial charge on any atom is 0.270 e.